The summed E-state index contributed by atoms with van der Waals surface area (Å²) in [5.41, 5.74) is -0.106. The Bertz CT molecular complexity index is 663. The molecule has 1 fully saturated rings. The highest BCUT2D eigenvalue weighted by Crippen LogP contribution is 2.33. The smallest absolute Gasteiger partial charge is 0.296 e. The molecule has 0 unspecified atom stereocenters. The summed E-state index contributed by atoms with van der Waals surface area (Å²) < 4.78 is 40.6. The van der Waals surface area contributed by atoms with Crippen LogP contribution < -0.4 is 5.69 Å². The summed E-state index contributed by atoms with van der Waals surface area (Å²) in [5.74, 6) is 0. The summed E-state index contributed by atoms with van der Waals surface area (Å²) >= 11 is 0. The molecule has 0 amide bonds. The fraction of sp³-hybridized carbons (Fsp3) is 0.357. The van der Waals surface area contributed by atoms with Gasteiger partial charge in [-0.3, -0.25) is 9.13 Å². The summed E-state index contributed by atoms with van der Waals surface area (Å²) in [5, 5.41) is 0. The first-order valence-corrected chi connectivity index (χ1v) is 6.38. The first-order chi connectivity index (χ1) is 9.45. The number of aromatic nitrogens is 2. The van der Waals surface area contributed by atoms with Crippen LogP contribution in [0.1, 0.15) is 30.0 Å². The highest BCUT2D eigenvalue weighted by Gasteiger charge is 2.30. The number of nitrogens with zero attached hydrogens (tertiary/aromatic N) is 2. The molecule has 1 heterocycles. The van der Waals surface area contributed by atoms with Crippen LogP contribution in [0.25, 0.3) is 0 Å². The van der Waals surface area contributed by atoms with Crippen molar-refractivity contribution in [2.24, 2.45) is 0 Å². The lowest BCUT2D eigenvalue weighted by atomic mass is 10.1. The molecule has 1 saturated carbocycles. The Kier molecular flexibility index (Phi) is 2.96. The Morgan fingerprint density at radius 3 is 2.30 bits per heavy atom. The van der Waals surface area contributed by atoms with Gasteiger partial charge in [-0.05, 0) is 30.5 Å². The third-order valence-corrected chi connectivity index (χ3v) is 3.45. The molecule has 106 valence electrons. The second-order valence-corrected chi connectivity index (χ2v) is 5.04. The number of imidazole rings is 1. The van der Waals surface area contributed by atoms with Gasteiger partial charge in [0.2, 0.25) is 0 Å². The molecular formula is C14H13F3N2O. The van der Waals surface area contributed by atoms with Crippen LogP contribution in [-0.2, 0) is 12.7 Å². The third kappa shape index (κ3) is 2.50. The molecule has 0 spiro atoms. The minimum absolute atomic E-state index is 0.104. The zero-order valence-corrected chi connectivity index (χ0v) is 10.6. The van der Waals surface area contributed by atoms with E-state index in [1.54, 1.807) is 17.0 Å². The molecule has 1 aliphatic rings. The lowest BCUT2D eigenvalue weighted by molar-refractivity contribution is -0.137. The van der Waals surface area contributed by atoms with Gasteiger partial charge in [0.1, 0.15) is 0 Å². The van der Waals surface area contributed by atoms with Gasteiger partial charge in [-0.15, -0.1) is 0 Å². The van der Waals surface area contributed by atoms with Crippen molar-refractivity contribution in [2.75, 3.05) is 0 Å². The maximum absolute atomic E-state index is 12.5. The topological polar surface area (TPSA) is 26.9 Å². The van der Waals surface area contributed by atoms with Gasteiger partial charge in [0, 0.05) is 18.4 Å². The molecule has 0 atom stereocenters. The van der Waals surface area contributed by atoms with E-state index in [1.165, 1.54) is 16.7 Å². The molecule has 1 aromatic carbocycles. The second kappa shape index (κ2) is 4.54. The second-order valence-electron chi connectivity index (χ2n) is 5.04. The normalized spacial score (nSPS) is 15.6. The van der Waals surface area contributed by atoms with Gasteiger partial charge in [0.05, 0.1) is 12.1 Å². The quantitative estimate of drug-likeness (QED) is 0.850. The predicted molar refractivity (Wildman–Crippen MR) is 67.5 cm³/mol. The van der Waals surface area contributed by atoms with Gasteiger partial charge >= 0.3 is 11.9 Å². The number of alkyl halides is 3. The van der Waals surface area contributed by atoms with Crippen molar-refractivity contribution in [1.29, 1.82) is 0 Å². The van der Waals surface area contributed by atoms with Crippen molar-refractivity contribution in [3.63, 3.8) is 0 Å². The maximum Gasteiger partial charge on any atom is 0.416 e. The van der Waals surface area contributed by atoms with Crippen molar-refractivity contribution >= 4 is 0 Å². The largest absolute Gasteiger partial charge is 0.416 e. The molecule has 0 bridgehead atoms. The van der Waals surface area contributed by atoms with E-state index < -0.39 is 11.7 Å². The van der Waals surface area contributed by atoms with Crippen LogP contribution in [-0.4, -0.2) is 9.13 Å². The molecule has 0 radical (unpaired) electrons. The molecule has 3 nitrogen and oxygen atoms in total. The summed E-state index contributed by atoms with van der Waals surface area (Å²) in [7, 11) is 0. The molecule has 0 N–H and O–H groups in total. The van der Waals surface area contributed by atoms with E-state index in [9.17, 15) is 18.0 Å². The maximum atomic E-state index is 12.5. The van der Waals surface area contributed by atoms with Crippen LogP contribution in [0, 0.1) is 0 Å². The van der Waals surface area contributed by atoms with Crippen LogP contribution >= 0.6 is 0 Å². The summed E-state index contributed by atoms with van der Waals surface area (Å²) in [6, 6.07) is 5.20. The SMILES string of the molecule is O=c1n(Cc2ccc(C(F)(F)F)cc2)ccn1C1CC1. The molecule has 0 aliphatic heterocycles. The van der Waals surface area contributed by atoms with Gasteiger partial charge < -0.3 is 0 Å². The highest BCUT2D eigenvalue weighted by atomic mass is 19.4. The van der Waals surface area contributed by atoms with E-state index in [0.29, 0.717) is 11.6 Å². The minimum Gasteiger partial charge on any atom is -0.296 e. The Hall–Kier alpha value is -1.98. The van der Waals surface area contributed by atoms with Crippen LogP contribution in [0.2, 0.25) is 0 Å². The fourth-order valence-electron chi connectivity index (χ4n) is 2.17. The molecule has 2 aromatic rings. The first-order valence-electron chi connectivity index (χ1n) is 6.38. The average molecular weight is 282 g/mol. The summed E-state index contributed by atoms with van der Waals surface area (Å²) in [6.07, 6.45) is 1.13. The average Bonchev–Trinajstić information content (AvgIpc) is 3.16. The van der Waals surface area contributed by atoms with Crippen LogP contribution in [0.4, 0.5) is 13.2 Å². The van der Waals surface area contributed by atoms with Gasteiger partial charge in [-0.2, -0.15) is 13.2 Å². The number of rotatable bonds is 3. The Labute approximate surface area is 113 Å². The van der Waals surface area contributed by atoms with Crippen LogP contribution in [0.3, 0.4) is 0 Å². The molecule has 20 heavy (non-hydrogen) atoms. The molecule has 0 saturated heterocycles. The Morgan fingerprint density at radius 1 is 1.10 bits per heavy atom. The van der Waals surface area contributed by atoms with E-state index in [1.807, 2.05) is 0 Å². The molecule has 3 rings (SSSR count). The number of hydrogen-bond donors (Lipinski definition) is 0. The van der Waals surface area contributed by atoms with Gasteiger partial charge in [-0.1, -0.05) is 12.1 Å². The van der Waals surface area contributed by atoms with E-state index in [4.69, 9.17) is 0 Å². The lowest BCUT2D eigenvalue weighted by Gasteiger charge is -2.07. The van der Waals surface area contributed by atoms with Gasteiger partial charge in [-0.25, -0.2) is 4.79 Å². The Balaban J connectivity index is 1.79. The summed E-state index contributed by atoms with van der Waals surface area (Å²) in [4.78, 5) is 12.0. The number of hydrogen-bond acceptors (Lipinski definition) is 1. The number of benzene rings is 1. The van der Waals surface area contributed by atoms with Crippen molar-refractivity contribution in [1.82, 2.24) is 9.13 Å². The molecule has 6 heteroatoms. The predicted octanol–water partition coefficient (Wildman–Crippen LogP) is 3.05. The van der Waals surface area contributed by atoms with E-state index in [-0.39, 0.29) is 12.2 Å². The van der Waals surface area contributed by atoms with Gasteiger partial charge in [0.25, 0.3) is 0 Å². The van der Waals surface area contributed by atoms with Crippen LogP contribution in [0.5, 0.6) is 0 Å². The Morgan fingerprint density at radius 2 is 1.75 bits per heavy atom. The van der Waals surface area contributed by atoms with Crippen molar-refractivity contribution in [3.8, 4) is 0 Å². The molecule has 1 aromatic heterocycles. The molecule has 1 aliphatic carbocycles. The fourth-order valence-corrected chi connectivity index (χ4v) is 2.17. The van der Waals surface area contributed by atoms with Crippen molar-refractivity contribution in [2.45, 2.75) is 31.6 Å². The minimum atomic E-state index is -4.33. The monoisotopic (exact) mass is 282 g/mol. The first kappa shape index (κ1) is 13.0. The molecular weight excluding hydrogens is 269 g/mol. The van der Waals surface area contributed by atoms with Gasteiger partial charge in [0.15, 0.2) is 0 Å². The summed E-state index contributed by atoms with van der Waals surface area (Å²) in [6.45, 7) is 0.288. The zero-order chi connectivity index (χ0) is 14.3. The highest BCUT2D eigenvalue weighted by molar-refractivity contribution is 5.24. The van der Waals surface area contributed by atoms with E-state index in [2.05, 4.69) is 0 Å². The lowest BCUT2D eigenvalue weighted by Crippen LogP contribution is -2.23. The van der Waals surface area contributed by atoms with Crippen molar-refractivity contribution in [3.05, 3.63) is 58.3 Å². The third-order valence-electron chi connectivity index (χ3n) is 3.45. The standard InChI is InChI=1S/C14H13F3N2O/c15-14(16,17)11-3-1-10(2-4-11)9-18-7-8-19(13(18)20)12-5-6-12/h1-4,7-8,12H,5-6,9H2. The van der Waals surface area contributed by atoms with E-state index >= 15 is 0 Å². The number of halogens is 3. The van der Waals surface area contributed by atoms with Crippen molar-refractivity contribution < 1.29 is 13.2 Å². The van der Waals surface area contributed by atoms with Crippen LogP contribution in [0.15, 0.2) is 41.5 Å². The zero-order valence-electron chi connectivity index (χ0n) is 10.6. The van der Waals surface area contributed by atoms with E-state index in [0.717, 1.165) is 25.0 Å².